The van der Waals surface area contributed by atoms with Gasteiger partial charge in [-0.25, -0.2) is 4.79 Å². The zero-order valence-electron chi connectivity index (χ0n) is 12.1. The third kappa shape index (κ3) is 3.97. The van der Waals surface area contributed by atoms with Crippen LogP contribution in [0, 0.1) is 0 Å². The summed E-state index contributed by atoms with van der Waals surface area (Å²) < 4.78 is 10.5. The fraction of sp³-hybridized carbons (Fsp3) is 0.562. The first-order chi connectivity index (χ1) is 9.70. The van der Waals surface area contributed by atoms with Crippen LogP contribution in [0.1, 0.15) is 49.8 Å². The number of fused-ring (bicyclic) bond motifs is 1. The molecule has 0 fully saturated rings. The molecule has 20 heavy (non-hydrogen) atoms. The molecule has 2 N–H and O–H groups in total. The van der Waals surface area contributed by atoms with Gasteiger partial charge in [-0.15, -0.1) is 0 Å². The summed E-state index contributed by atoms with van der Waals surface area (Å²) in [5, 5.41) is 0. The van der Waals surface area contributed by atoms with Crippen LogP contribution in [0.3, 0.4) is 0 Å². The van der Waals surface area contributed by atoms with Gasteiger partial charge in [0.05, 0.1) is 6.61 Å². The van der Waals surface area contributed by atoms with Crippen molar-refractivity contribution in [1.29, 1.82) is 0 Å². The first-order valence-electron chi connectivity index (χ1n) is 7.37. The van der Waals surface area contributed by atoms with Crippen LogP contribution < -0.4 is 10.5 Å². The number of ether oxygens (including phenoxy) is 2. The van der Waals surface area contributed by atoms with E-state index in [4.69, 9.17) is 15.2 Å². The van der Waals surface area contributed by atoms with Crippen LogP contribution in [-0.2, 0) is 16.0 Å². The van der Waals surface area contributed by atoms with Gasteiger partial charge in [0.25, 0.3) is 0 Å². The van der Waals surface area contributed by atoms with Crippen LogP contribution in [0.2, 0.25) is 0 Å². The van der Waals surface area contributed by atoms with Crippen molar-refractivity contribution in [3.8, 4) is 5.75 Å². The number of rotatable bonds is 6. The molecule has 0 bridgehead atoms. The molecule has 0 spiro atoms. The lowest BCUT2D eigenvalue weighted by Gasteiger charge is -2.22. The summed E-state index contributed by atoms with van der Waals surface area (Å²) in [6.45, 7) is 2.48. The van der Waals surface area contributed by atoms with E-state index in [-0.39, 0.29) is 18.6 Å². The van der Waals surface area contributed by atoms with Crippen LogP contribution in [0.15, 0.2) is 18.2 Å². The van der Waals surface area contributed by atoms with Crippen molar-refractivity contribution >= 4 is 5.97 Å². The van der Waals surface area contributed by atoms with Crippen LogP contribution >= 0.6 is 0 Å². The van der Waals surface area contributed by atoms with Crippen molar-refractivity contribution in [3.05, 3.63) is 29.3 Å². The van der Waals surface area contributed by atoms with Crippen LogP contribution in [-0.4, -0.2) is 19.2 Å². The van der Waals surface area contributed by atoms with Gasteiger partial charge in [-0.1, -0.05) is 19.4 Å². The quantitative estimate of drug-likeness (QED) is 0.641. The molecule has 0 radical (unpaired) electrons. The SMILES string of the molecule is CCCCOC(=O)COc1ccc2c(c1)[C@@H](N)CCC2. The highest BCUT2D eigenvalue weighted by Gasteiger charge is 2.17. The summed E-state index contributed by atoms with van der Waals surface area (Å²) in [6, 6.07) is 5.99. The van der Waals surface area contributed by atoms with Crippen LogP contribution in [0.4, 0.5) is 0 Å². The molecule has 1 atom stereocenters. The Morgan fingerprint density at radius 1 is 1.45 bits per heavy atom. The minimum Gasteiger partial charge on any atom is -0.482 e. The van der Waals surface area contributed by atoms with E-state index in [2.05, 4.69) is 6.92 Å². The molecule has 0 unspecified atom stereocenters. The number of unbranched alkanes of at least 4 members (excludes halogenated alkanes) is 1. The molecule has 1 aromatic carbocycles. The Bertz CT molecular complexity index is 459. The summed E-state index contributed by atoms with van der Waals surface area (Å²) >= 11 is 0. The van der Waals surface area contributed by atoms with E-state index in [1.165, 1.54) is 5.56 Å². The fourth-order valence-electron chi connectivity index (χ4n) is 2.42. The molecule has 1 aliphatic rings. The highest BCUT2D eigenvalue weighted by atomic mass is 16.6. The lowest BCUT2D eigenvalue weighted by atomic mass is 9.88. The first-order valence-corrected chi connectivity index (χ1v) is 7.37. The minimum atomic E-state index is -0.319. The summed E-state index contributed by atoms with van der Waals surface area (Å²) in [5.41, 5.74) is 8.54. The van der Waals surface area contributed by atoms with E-state index in [0.29, 0.717) is 12.4 Å². The lowest BCUT2D eigenvalue weighted by Crippen LogP contribution is -2.18. The maximum atomic E-state index is 11.5. The third-order valence-electron chi connectivity index (χ3n) is 3.60. The summed E-state index contributed by atoms with van der Waals surface area (Å²) in [7, 11) is 0. The summed E-state index contributed by atoms with van der Waals surface area (Å²) in [5.74, 6) is 0.369. The highest BCUT2D eigenvalue weighted by Crippen LogP contribution is 2.30. The summed E-state index contributed by atoms with van der Waals surface area (Å²) in [4.78, 5) is 11.5. The molecule has 0 amide bonds. The van der Waals surface area contributed by atoms with E-state index in [9.17, 15) is 4.79 Å². The Morgan fingerprint density at radius 2 is 2.30 bits per heavy atom. The van der Waals surface area contributed by atoms with E-state index in [1.807, 2.05) is 18.2 Å². The molecule has 4 nitrogen and oxygen atoms in total. The van der Waals surface area contributed by atoms with Gasteiger partial charge in [-0.3, -0.25) is 0 Å². The molecule has 0 saturated carbocycles. The molecule has 4 heteroatoms. The number of hydrogen-bond acceptors (Lipinski definition) is 4. The number of carbonyl (C=O) groups excluding carboxylic acids is 1. The Balaban J connectivity index is 1.87. The average Bonchev–Trinajstić information content (AvgIpc) is 2.46. The summed E-state index contributed by atoms with van der Waals surface area (Å²) in [6.07, 6.45) is 5.12. The topological polar surface area (TPSA) is 61.5 Å². The predicted molar refractivity (Wildman–Crippen MR) is 77.7 cm³/mol. The molecule has 1 aliphatic carbocycles. The molecule has 0 saturated heterocycles. The number of esters is 1. The minimum absolute atomic E-state index is 0.0439. The van der Waals surface area contributed by atoms with Crippen LogP contribution in [0.25, 0.3) is 0 Å². The van der Waals surface area contributed by atoms with Gasteiger partial charge in [-0.2, -0.15) is 0 Å². The second-order valence-corrected chi connectivity index (χ2v) is 5.22. The van der Waals surface area contributed by atoms with E-state index < -0.39 is 0 Å². The molecular formula is C16H23NO3. The largest absolute Gasteiger partial charge is 0.482 e. The standard InChI is InChI=1S/C16H23NO3/c1-2-3-9-19-16(18)11-20-13-8-7-12-5-4-6-15(17)14(12)10-13/h7-8,10,15H,2-6,9,11,17H2,1H3/t15-/m0/s1. The zero-order valence-corrected chi connectivity index (χ0v) is 12.1. The monoisotopic (exact) mass is 277 g/mol. The molecule has 2 rings (SSSR count). The van der Waals surface area contributed by atoms with Crippen molar-refractivity contribution in [2.75, 3.05) is 13.2 Å². The molecule has 1 aromatic rings. The second kappa shape index (κ2) is 7.29. The van der Waals surface area contributed by atoms with Crippen molar-refractivity contribution in [1.82, 2.24) is 0 Å². The van der Waals surface area contributed by atoms with Gasteiger partial charge in [-0.05, 0) is 48.9 Å². The van der Waals surface area contributed by atoms with Gasteiger partial charge in [0.2, 0.25) is 0 Å². The fourth-order valence-corrected chi connectivity index (χ4v) is 2.42. The Hall–Kier alpha value is -1.55. The smallest absolute Gasteiger partial charge is 0.344 e. The normalized spacial score (nSPS) is 17.4. The highest BCUT2D eigenvalue weighted by molar-refractivity contribution is 5.71. The van der Waals surface area contributed by atoms with Crippen molar-refractivity contribution in [2.45, 2.75) is 45.1 Å². The van der Waals surface area contributed by atoms with Gasteiger partial charge < -0.3 is 15.2 Å². The maximum Gasteiger partial charge on any atom is 0.344 e. The molecular weight excluding hydrogens is 254 g/mol. The molecule has 0 aromatic heterocycles. The lowest BCUT2D eigenvalue weighted by molar-refractivity contribution is -0.146. The Morgan fingerprint density at radius 3 is 3.10 bits per heavy atom. The number of hydrogen-bond donors (Lipinski definition) is 1. The van der Waals surface area contributed by atoms with Gasteiger partial charge in [0, 0.05) is 6.04 Å². The van der Waals surface area contributed by atoms with Crippen molar-refractivity contribution in [3.63, 3.8) is 0 Å². The average molecular weight is 277 g/mol. The number of carbonyl (C=O) groups is 1. The third-order valence-corrected chi connectivity index (χ3v) is 3.60. The number of nitrogens with two attached hydrogens (primary N) is 1. The van der Waals surface area contributed by atoms with E-state index in [1.54, 1.807) is 0 Å². The van der Waals surface area contributed by atoms with Gasteiger partial charge in [0.1, 0.15) is 5.75 Å². The maximum absolute atomic E-state index is 11.5. The number of benzene rings is 1. The molecule has 110 valence electrons. The van der Waals surface area contributed by atoms with E-state index >= 15 is 0 Å². The van der Waals surface area contributed by atoms with E-state index in [0.717, 1.165) is 37.7 Å². The second-order valence-electron chi connectivity index (χ2n) is 5.22. The van der Waals surface area contributed by atoms with Gasteiger partial charge >= 0.3 is 5.97 Å². The Kier molecular flexibility index (Phi) is 5.41. The molecule has 0 aliphatic heterocycles. The number of aryl methyl sites for hydroxylation is 1. The Labute approximate surface area is 120 Å². The first kappa shape index (κ1) is 14.9. The van der Waals surface area contributed by atoms with Crippen molar-refractivity contribution in [2.24, 2.45) is 5.73 Å². The predicted octanol–water partition coefficient (Wildman–Crippen LogP) is 2.74. The van der Waals surface area contributed by atoms with Gasteiger partial charge in [0.15, 0.2) is 6.61 Å². The van der Waals surface area contributed by atoms with Crippen molar-refractivity contribution < 1.29 is 14.3 Å². The molecule has 0 heterocycles. The zero-order chi connectivity index (χ0) is 14.4. The van der Waals surface area contributed by atoms with Crippen LogP contribution in [0.5, 0.6) is 5.75 Å².